The van der Waals surface area contributed by atoms with E-state index >= 15 is 0 Å². The van der Waals surface area contributed by atoms with Crippen molar-refractivity contribution in [3.05, 3.63) is 23.4 Å². The summed E-state index contributed by atoms with van der Waals surface area (Å²) in [5.74, 6) is 0.291. The van der Waals surface area contributed by atoms with Crippen molar-refractivity contribution in [1.82, 2.24) is 4.98 Å². The number of hydrogen-bond donors (Lipinski definition) is 2. The quantitative estimate of drug-likeness (QED) is 0.781. The van der Waals surface area contributed by atoms with E-state index < -0.39 is 0 Å². The van der Waals surface area contributed by atoms with Gasteiger partial charge in [-0.2, -0.15) is 0 Å². The zero-order chi connectivity index (χ0) is 13.8. The number of carbonyl (C=O) groups is 1. The molecular formula is C13H20N2O3. The number of aromatic nitrogens is 1. The molecular weight excluding hydrogens is 232 g/mol. The summed E-state index contributed by atoms with van der Waals surface area (Å²) < 4.78 is 4.66. The summed E-state index contributed by atoms with van der Waals surface area (Å²) in [6, 6.07) is 3.42. The molecule has 5 nitrogen and oxygen atoms in total. The molecule has 0 aromatic carbocycles. The van der Waals surface area contributed by atoms with Crippen LogP contribution in [0.25, 0.3) is 0 Å². The van der Waals surface area contributed by atoms with Crippen LogP contribution in [0.2, 0.25) is 0 Å². The molecule has 2 N–H and O–H groups in total. The van der Waals surface area contributed by atoms with Crippen LogP contribution in [-0.4, -0.2) is 35.3 Å². The van der Waals surface area contributed by atoms with Crippen molar-refractivity contribution in [2.24, 2.45) is 0 Å². The molecule has 1 rings (SSSR count). The van der Waals surface area contributed by atoms with E-state index in [9.17, 15) is 4.79 Å². The summed E-state index contributed by atoms with van der Waals surface area (Å²) in [7, 11) is 1.35. The van der Waals surface area contributed by atoms with Gasteiger partial charge in [-0.3, -0.25) is 0 Å². The second-order valence-electron chi connectivity index (χ2n) is 4.80. The Kier molecular flexibility index (Phi) is 4.67. The minimum Gasteiger partial charge on any atom is -0.465 e. The maximum Gasteiger partial charge on any atom is 0.339 e. The van der Waals surface area contributed by atoms with Gasteiger partial charge in [-0.25, -0.2) is 9.78 Å². The van der Waals surface area contributed by atoms with Crippen molar-refractivity contribution in [3.8, 4) is 0 Å². The van der Waals surface area contributed by atoms with Gasteiger partial charge in [-0.15, -0.1) is 0 Å². The molecule has 18 heavy (non-hydrogen) atoms. The third-order valence-corrected chi connectivity index (χ3v) is 2.69. The molecule has 0 saturated carbocycles. The van der Waals surface area contributed by atoms with Crippen molar-refractivity contribution in [2.45, 2.75) is 32.7 Å². The number of rotatable bonds is 5. The number of methoxy groups -OCH3 is 1. The van der Waals surface area contributed by atoms with Crippen LogP contribution in [0.4, 0.5) is 5.82 Å². The van der Waals surface area contributed by atoms with Gasteiger partial charge in [0.05, 0.1) is 18.4 Å². The number of nitrogens with one attached hydrogen (secondary N) is 1. The van der Waals surface area contributed by atoms with E-state index in [1.807, 2.05) is 13.8 Å². The number of ether oxygens (including phenoxy) is 1. The minimum absolute atomic E-state index is 0.110. The number of carbonyl (C=O) groups excluding carboxylic acids is 1. The lowest BCUT2D eigenvalue weighted by Gasteiger charge is -2.26. The predicted octanol–water partition coefficient (Wildman–Crippen LogP) is 1.75. The van der Waals surface area contributed by atoms with Gasteiger partial charge in [0.1, 0.15) is 5.82 Å². The van der Waals surface area contributed by atoms with Crippen LogP contribution in [-0.2, 0) is 4.74 Å². The van der Waals surface area contributed by atoms with Crippen molar-refractivity contribution in [3.63, 3.8) is 0 Å². The van der Waals surface area contributed by atoms with Crippen LogP contribution in [0, 0.1) is 6.92 Å². The Labute approximate surface area is 107 Å². The number of pyridine rings is 1. The third kappa shape index (κ3) is 3.70. The van der Waals surface area contributed by atoms with E-state index in [1.165, 1.54) is 7.11 Å². The highest BCUT2D eigenvalue weighted by molar-refractivity contribution is 5.90. The molecule has 0 spiro atoms. The molecule has 0 aliphatic rings. The Hall–Kier alpha value is -1.62. The fraction of sp³-hybridized carbons (Fsp3) is 0.538. The first-order valence-corrected chi connectivity index (χ1v) is 5.84. The zero-order valence-electron chi connectivity index (χ0n) is 11.3. The van der Waals surface area contributed by atoms with Crippen LogP contribution in [0.15, 0.2) is 12.1 Å². The fourth-order valence-corrected chi connectivity index (χ4v) is 1.65. The number of aliphatic hydroxyl groups excluding tert-OH is 1. The average Bonchev–Trinajstić information content (AvgIpc) is 2.27. The first-order valence-electron chi connectivity index (χ1n) is 5.84. The van der Waals surface area contributed by atoms with Gasteiger partial charge in [0.25, 0.3) is 0 Å². The summed E-state index contributed by atoms with van der Waals surface area (Å²) in [5, 5.41) is 12.2. The van der Waals surface area contributed by atoms with Gasteiger partial charge < -0.3 is 15.2 Å². The Morgan fingerprint density at radius 3 is 2.67 bits per heavy atom. The Bertz CT molecular complexity index is 430. The Morgan fingerprint density at radius 1 is 1.50 bits per heavy atom. The molecule has 0 radical (unpaired) electrons. The van der Waals surface area contributed by atoms with E-state index in [0.29, 0.717) is 23.5 Å². The van der Waals surface area contributed by atoms with Gasteiger partial charge in [0.2, 0.25) is 0 Å². The molecule has 0 atom stereocenters. The molecule has 0 amide bonds. The van der Waals surface area contributed by atoms with Crippen LogP contribution >= 0.6 is 0 Å². The summed E-state index contributed by atoms with van der Waals surface area (Å²) in [6.45, 7) is 5.83. The zero-order valence-corrected chi connectivity index (χ0v) is 11.3. The monoisotopic (exact) mass is 252 g/mol. The lowest BCUT2D eigenvalue weighted by Crippen LogP contribution is -2.32. The van der Waals surface area contributed by atoms with E-state index in [4.69, 9.17) is 5.11 Å². The van der Waals surface area contributed by atoms with E-state index in [-0.39, 0.29) is 18.1 Å². The lowest BCUT2D eigenvalue weighted by atomic mass is 10.0. The first kappa shape index (κ1) is 14.4. The predicted molar refractivity (Wildman–Crippen MR) is 69.7 cm³/mol. The second-order valence-corrected chi connectivity index (χ2v) is 4.80. The molecule has 1 heterocycles. The van der Waals surface area contributed by atoms with Crippen molar-refractivity contribution >= 4 is 11.8 Å². The van der Waals surface area contributed by atoms with Crippen LogP contribution in [0.3, 0.4) is 0 Å². The summed E-state index contributed by atoms with van der Waals surface area (Å²) in [4.78, 5) is 15.7. The van der Waals surface area contributed by atoms with Crippen LogP contribution < -0.4 is 5.32 Å². The van der Waals surface area contributed by atoms with Gasteiger partial charge in [-0.05, 0) is 39.3 Å². The van der Waals surface area contributed by atoms with E-state index in [2.05, 4.69) is 15.0 Å². The molecule has 0 unspecified atom stereocenters. The topological polar surface area (TPSA) is 71.5 Å². The van der Waals surface area contributed by atoms with Crippen LogP contribution in [0.5, 0.6) is 0 Å². The number of esters is 1. The highest BCUT2D eigenvalue weighted by Crippen LogP contribution is 2.18. The molecule has 0 aliphatic carbocycles. The Balaban J connectivity index is 2.88. The maximum absolute atomic E-state index is 11.4. The highest BCUT2D eigenvalue weighted by Gasteiger charge is 2.18. The third-order valence-electron chi connectivity index (χ3n) is 2.69. The van der Waals surface area contributed by atoms with Crippen LogP contribution in [0.1, 0.15) is 36.3 Å². The minimum atomic E-state index is -0.388. The molecule has 0 aliphatic heterocycles. The average molecular weight is 252 g/mol. The van der Waals surface area contributed by atoms with Crippen molar-refractivity contribution in [2.75, 3.05) is 19.0 Å². The van der Waals surface area contributed by atoms with Gasteiger partial charge in [0.15, 0.2) is 0 Å². The number of aliphatic hydroxyl groups is 1. The molecule has 5 heteroatoms. The van der Waals surface area contributed by atoms with Gasteiger partial charge in [-0.1, -0.05) is 0 Å². The molecule has 0 fully saturated rings. The SMILES string of the molecule is COC(=O)c1ccc(NC(C)(C)CCO)nc1C. The molecule has 1 aromatic heterocycles. The largest absolute Gasteiger partial charge is 0.465 e. The van der Waals surface area contributed by atoms with Gasteiger partial charge in [0, 0.05) is 12.1 Å². The number of anilines is 1. The molecule has 100 valence electrons. The molecule has 0 bridgehead atoms. The molecule has 1 aromatic rings. The summed E-state index contributed by atoms with van der Waals surface area (Å²) in [6.07, 6.45) is 0.618. The summed E-state index contributed by atoms with van der Waals surface area (Å²) >= 11 is 0. The lowest BCUT2D eigenvalue weighted by molar-refractivity contribution is 0.0599. The second kappa shape index (κ2) is 5.82. The summed E-state index contributed by atoms with van der Waals surface area (Å²) in [5.41, 5.74) is 0.829. The van der Waals surface area contributed by atoms with E-state index in [1.54, 1.807) is 19.1 Å². The smallest absolute Gasteiger partial charge is 0.339 e. The standard InChI is InChI=1S/C13H20N2O3/c1-9-10(12(17)18-4)5-6-11(14-9)15-13(2,3)7-8-16/h5-6,16H,7-8H2,1-4H3,(H,14,15). The van der Waals surface area contributed by atoms with Crippen molar-refractivity contribution in [1.29, 1.82) is 0 Å². The van der Waals surface area contributed by atoms with Gasteiger partial charge >= 0.3 is 5.97 Å². The fourth-order valence-electron chi connectivity index (χ4n) is 1.65. The van der Waals surface area contributed by atoms with E-state index in [0.717, 1.165) is 0 Å². The number of hydrogen-bond acceptors (Lipinski definition) is 5. The highest BCUT2D eigenvalue weighted by atomic mass is 16.5. The Morgan fingerprint density at radius 2 is 2.17 bits per heavy atom. The first-order chi connectivity index (χ1) is 8.39. The number of nitrogens with zero attached hydrogens (tertiary/aromatic N) is 1. The van der Waals surface area contributed by atoms with Crippen molar-refractivity contribution < 1.29 is 14.6 Å². The number of aryl methyl sites for hydroxylation is 1. The maximum atomic E-state index is 11.4. The molecule has 0 saturated heterocycles. The normalized spacial score (nSPS) is 11.2.